The van der Waals surface area contributed by atoms with Crippen LogP contribution in [0.25, 0.3) is 0 Å². The number of rotatable bonds is 6. The lowest BCUT2D eigenvalue weighted by Gasteiger charge is -2.33. The minimum absolute atomic E-state index is 0.270. The van der Waals surface area contributed by atoms with E-state index in [9.17, 15) is 9.59 Å². The van der Waals surface area contributed by atoms with Crippen LogP contribution in [0.15, 0.2) is 54.6 Å². The number of esters is 2. The van der Waals surface area contributed by atoms with Crippen LogP contribution in [0.5, 0.6) is 0 Å². The molecule has 2 aromatic rings. The highest BCUT2D eigenvalue weighted by atomic mass is 16.6. The third-order valence-corrected chi connectivity index (χ3v) is 5.25. The van der Waals surface area contributed by atoms with Gasteiger partial charge in [0, 0.05) is 0 Å². The van der Waals surface area contributed by atoms with Gasteiger partial charge in [-0.1, -0.05) is 48.0 Å². The average Bonchev–Trinajstić information content (AvgIpc) is 3.06. The van der Waals surface area contributed by atoms with Crippen LogP contribution in [0, 0.1) is 12.3 Å². The number of carbonyl (C=O) groups excluding carboxylic acids is 2. The zero-order valence-electron chi connectivity index (χ0n) is 15.9. The zero-order valence-corrected chi connectivity index (χ0v) is 15.9. The molecule has 0 spiro atoms. The highest BCUT2D eigenvalue weighted by Gasteiger charge is 2.52. The first-order valence-corrected chi connectivity index (χ1v) is 9.54. The van der Waals surface area contributed by atoms with Gasteiger partial charge in [-0.25, -0.2) is 4.79 Å². The van der Waals surface area contributed by atoms with E-state index in [-0.39, 0.29) is 11.9 Å². The van der Waals surface area contributed by atoms with Gasteiger partial charge in [-0.05, 0) is 57.2 Å². The first kappa shape index (κ1) is 19.2. The largest absolute Gasteiger partial charge is 0.465 e. The number of hydrogen-bond donors (Lipinski definition) is 0. The summed E-state index contributed by atoms with van der Waals surface area (Å²) in [6.45, 7) is 4.05. The quantitative estimate of drug-likeness (QED) is 0.707. The van der Waals surface area contributed by atoms with E-state index in [1.54, 1.807) is 19.1 Å². The maximum Gasteiger partial charge on any atom is 0.338 e. The molecule has 3 rings (SSSR count). The SMILES string of the molecule is CCOC(=O)C1(Cc2ccccc2)CCCC1OC(=O)c1cccc(C)c1. The van der Waals surface area contributed by atoms with Gasteiger partial charge in [0.1, 0.15) is 11.5 Å². The number of benzene rings is 2. The fourth-order valence-corrected chi connectivity index (χ4v) is 3.92. The molecule has 2 atom stereocenters. The van der Waals surface area contributed by atoms with Gasteiger partial charge >= 0.3 is 11.9 Å². The van der Waals surface area contributed by atoms with Crippen LogP contribution in [0.4, 0.5) is 0 Å². The molecule has 0 radical (unpaired) electrons. The van der Waals surface area contributed by atoms with E-state index in [1.165, 1.54) is 0 Å². The molecule has 0 bridgehead atoms. The van der Waals surface area contributed by atoms with Crippen LogP contribution in [-0.4, -0.2) is 24.6 Å². The minimum Gasteiger partial charge on any atom is -0.465 e. The van der Waals surface area contributed by atoms with Crippen molar-refractivity contribution in [3.63, 3.8) is 0 Å². The van der Waals surface area contributed by atoms with Crippen molar-refractivity contribution in [1.29, 1.82) is 0 Å². The number of hydrogen-bond acceptors (Lipinski definition) is 4. The lowest BCUT2D eigenvalue weighted by molar-refractivity contribution is -0.161. The summed E-state index contributed by atoms with van der Waals surface area (Å²) in [5.41, 5.74) is 1.73. The highest BCUT2D eigenvalue weighted by Crippen LogP contribution is 2.44. The van der Waals surface area contributed by atoms with Gasteiger partial charge in [-0.3, -0.25) is 4.79 Å². The molecule has 1 aliphatic rings. The minimum atomic E-state index is -0.823. The molecule has 2 aromatic carbocycles. The molecule has 4 nitrogen and oxygen atoms in total. The Morgan fingerprint density at radius 3 is 2.59 bits per heavy atom. The van der Waals surface area contributed by atoms with Crippen molar-refractivity contribution in [2.45, 2.75) is 45.6 Å². The maximum atomic E-state index is 12.9. The maximum absolute atomic E-state index is 12.9. The smallest absolute Gasteiger partial charge is 0.338 e. The summed E-state index contributed by atoms with van der Waals surface area (Å²) < 4.78 is 11.3. The predicted molar refractivity (Wildman–Crippen MR) is 103 cm³/mol. The molecule has 0 aliphatic heterocycles. The highest BCUT2D eigenvalue weighted by molar-refractivity contribution is 5.90. The van der Waals surface area contributed by atoms with Crippen LogP contribution >= 0.6 is 0 Å². The van der Waals surface area contributed by atoms with E-state index in [2.05, 4.69) is 0 Å². The fraction of sp³-hybridized carbons (Fsp3) is 0.391. The van der Waals surface area contributed by atoms with Crippen LogP contribution in [0.3, 0.4) is 0 Å². The number of carbonyl (C=O) groups is 2. The van der Waals surface area contributed by atoms with Gasteiger partial charge in [-0.2, -0.15) is 0 Å². The van der Waals surface area contributed by atoms with Crippen molar-refractivity contribution < 1.29 is 19.1 Å². The Morgan fingerprint density at radius 2 is 1.89 bits per heavy atom. The molecule has 0 saturated heterocycles. The average molecular weight is 366 g/mol. The second-order valence-electron chi connectivity index (χ2n) is 7.19. The summed E-state index contributed by atoms with van der Waals surface area (Å²) in [5.74, 6) is -0.652. The van der Waals surface area contributed by atoms with Crippen LogP contribution in [-0.2, 0) is 20.7 Å². The Labute approximate surface area is 160 Å². The zero-order chi connectivity index (χ0) is 19.3. The molecule has 4 heteroatoms. The third-order valence-electron chi connectivity index (χ3n) is 5.25. The second-order valence-corrected chi connectivity index (χ2v) is 7.19. The number of aryl methyl sites for hydroxylation is 1. The molecule has 1 aliphatic carbocycles. The summed E-state index contributed by atoms with van der Waals surface area (Å²) in [6.07, 6.45) is 2.19. The van der Waals surface area contributed by atoms with E-state index < -0.39 is 11.5 Å². The molecular formula is C23H26O4. The molecule has 0 N–H and O–H groups in total. The molecule has 2 unspecified atom stereocenters. The van der Waals surface area contributed by atoms with E-state index in [0.717, 1.165) is 17.5 Å². The monoisotopic (exact) mass is 366 g/mol. The Bertz CT molecular complexity index is 799. The standard InChI is InChI=1S/C23H26O4/c1-3-26-22(25)23(16-18-10-5-4-6-11-18)14-8-13-20(23)27-21(24)19-12-7-9-17(2)15-19/h4-7,9-12,15,20H,3,8,13-14,16H2,1-2H3. The van der Waals surface area contributed by atoms with Crippen molar-refractivity contribution in [2.24, 2.45) is 5.41 Å². The van der Waals surface area contributed by atoms with E-state index >= 15 is 0 Å². The first-order chi connectivity index (χ1) is 13.0. The fourth-order valence-electron chi connectivity index (χ4n) is 3.92. The third kappa shape index (κ3) is 4.21. The Hall–Kier alpha value is -2.62. The van der Waals surface area contributed by atoms with Crippen molar-refractivity contribution in [3.8, 4) is 0 Å². The topological polar surface area (TPSA) is 52.6 Å². The molecule has 27 heavy (non-hydrogen) atoms. The van der Waals surface area contributed by atoms with Gasteiger partial charge in [0.05, 0.1) is 12.2 Å². The van der Waals surface area contributed by atoms with Gasteiger partial charge in [-0.15, -0.1) is 0 Å². The summed E-state index contributed by atoms with van der Waals surface area (Å²) >= 11 is 0. The second kappa shape index (κ2) is 8.38. The molecule has 0 amide bonds. The number of ether oxygens (including phenoxy) is 2. The van der Waals surface area contributed by atoms with E-state index in [0.29, 0.717) is 31.4 Å². The van der Waals surface area contributed by atoms with Crippen LogP contribution in [0.1, 0.15) is 47.7 Å². The van der Waals surface area contributed by atoms with Crippen molar-refractivity contribution >= 4 is 11.9 Å². The van der Waals surface area contributed by atoms with Crippen molar-refractivity contribution in [2.75, 3.05) is 6.61 Å². The van der Waals surface area contributed by atoms with Gasteiger partial charge in [0.25, 0.3) is 0 Å². The Kier molecular flexibility index (Phi) is 5.94. The molecular weight excluding hydrogens is 340 g/mol. The van der Waals surface area contributed by atoms with Gasteiger partial charge in [0.15, 0.2) is 0 Å². The van der Waals surface area contributed by atoms with Crippen LogP contribution in [0.2, 0.25) is 0 Å². The molecule has 0 aromatic heterocycles. The van der Waals surface area contributed by atoms with Crippen molar-refractivity contribution in [3.05, 3.63) is 71.3 Å². The van der Waals surface area contributed by atoms with E-state index in [4.69, 9.17) is 9.47 Å². The summed E-state index contributed by atoms with van der Waals surface area (Å²) in [4.78, 5) is 25.6. The summed E-state index contributed by atoms with van der Waals surface area (Å²) in [6, 6.07) is 17.2. The van der Waals surface area contributed by atoms with Gasteiger partial charge in [0.2, 0.25) is 0 Å². The summed E-state index contributed by atoms with van der Waals surface area (Å²) in [5, 5.41) is 0. The Balaban J connectivity index is 1.87. The predicted octanol–water partition coefficient (Wildman–Crippen LogP) is 4.50. The molecule has 1 fully saturated rings. The van der Waals surface area contributed by atoms with E-state index in [1.807, 2.05) is 49.4 Å². The van der Waals surface area contributed by atoms with Gasteiger partial charge < -0.3 is 9.47 Å². The molecule has 1 saturated carbocycles. The van der Waals surface area contributed by atoms with Crippen LogP contribution < -0.4 is 0 Å². The summed E-state index contributed by atoms with van der Waals surface area (Å²) in [7, 11) is 0. The van der Waals surface area contributed by atoms with Crippen molar-refractivity contribution in [1.82, 2.24) is 0 Å². The molecule has 0 heterocycles. The first-order valence-electron chi connectivity index (χ1n) is 9.54. The lowest BCUT2D eigenvalue weighted by atomic mass is 9.78. The lowest BCUT2D eigenvalue weighted by Crippen LogP contribution is -2.44. The molecule has 142 valence electrons. The Morgan fingerprint density at radius 1 is 1.11 bits per heavy atom. The normalized spacial score (nSPS) is 21.6.